The summed E-state index contributed by atoms with van der Waals surface area (Å²) in [6.45, 7) is 2.72. The molecule has 20 heavy (non-hydrogen) atoms. The van der Waals surface area contributed by atoms with Crippen molar-refractivity contribution in [1.29, 1.82) is 0 Å². The van der Waals surface area contributed by atoms with E-state index >= 15 is 0 Å². The van der Waals surface area contributed by atoms with Crippen molar-refractivity contribution in [1.82, 2.24) is 14.8 Å². The van der Waals surface area contributed by atoms with Crippen LogP contribution in [-0.4, -0.2) is 38.3 Å². The predicted octanol–water partition coefficient (Wildman–Crippen LogP) is 1.47. The van der Waals surface area contributed by atoms with Crippen molar-refractivity contribution in [2.45, 2.75) is 24.5 Å². The van der Waals surface area contributed by atoms with Gasteiger partial charge in [0.1, 0.15) is 6.33 Å². The largest absolute Gasteiger partial charge is 0.370 e. The van der Waals surface area contributed by atoms with Crippen molar-refractivity contribution in [3.05, 3.63) is 36.2 Å². The topological polar surface area (TPSA) is 51.0 Å². The van der Waals surface area contributed by atoms with Crippen LogP contribution in [-0.2, 0) is 23.8 Å². The molecule has 0 radical (unpaired) electrons. The fraction of sp³-hybridized carbons (Fsp3) is 0.429. The SMILES string of the molecule is CS(=O)c1nncn1CCN1CCCc2ccccc21. The highest BCUT2D eigenvalue weighted by Crippen LogP contribution is 2.26. The number of hydrogen-bond acceptors (Lipinski definition) is 4. The average Bonchev–Trinajstić information content (AvgIpc) is 2.93. The Morgan fingerprint density at radius 3 is 3.00 bits per heavy atom. The second kappa shape index (κ2) is 5.75. The average molecular weight is 290 g/mol. The summed E-state index contributed by atoms with van der Waals surface area (Å²) in [7, 11) is -1.09. The standard InChI is InChI=1S/C14H18N4OS/c1-20(19)14-16-15-11-18(14)10-9-17-8-4-6-12-5-2-3-7-13(12)17/h2-3,5,7,11H,4,6,8-10H2,1H3. The highest BCUT2D eigenvalue weighted by molar-refractivity contribution is 7.84. The van der Waals surface area contributed by atoms with Gasteiger partial charge < -0.3 is 9.47 Å². The molecule has 2 heterocycles. The molecule has 0 bridgehead atoms. The normalized spacial score (nSPS) is 15.9. The third kappa shape index (κ3) is 2.60. The van der Waals surface area contributed by atoms with E-state index in [2.05, 4.69) is 39.4 Å². The third-order valence-electron chi connectivity index (χ3n) is 3.65. The molecule has 2 aromatic rings. The summed E-state index contributed by atoms with van der Waals surface area (Å²) in [5, 5.41) is 8.32. The van der Waals surface area contributed by atoms with Gasteiger partial charge >= 0.3 is 0 Å². The van der Waals surface area contributed by atoms with Gasteiger partial charge in [-0.1, -0.05) is 18.2 Å². The van der Waals surface area contributed by atoms with Crippen molar-refractivity contribution >= 4 is 16.5 Å². The number of aromatic nitrogens is 3. The molecule has 5 nitrogen and oxygen atoms in total. The number of para-hydroxylation sites is 1. The molecule has 0 N–H and O–H groups in total. The molecule has 3 rings (SSSR count). The molecule has 1 atom stereocenters. The van der Waals surface area contributed by atoms with E-state index < -0.39 is 10.8 Å². The highest BCUT2D eigenvalue weighted by Gasteiger charge is 2.16. The number of nitrogens with zero attached hydrogens (tertiary/aromatic N) is 4. The molecule has 6 heteroatoms. The van der Waals surface area contributed by atoms with Crippen molar-refractivity contribution in [2.24, 2.45) is 0 Å². The molecule has 0 fully saturated rings. The van der Waals surface area contributed by atoms with Crippen LogP contribution in [0.2, 0.25) is 0 Å². The van der Waals surface area contributed by atoms with Gasteiger partial charge in [0.25, 0.3) is 0 Å². The van der Waals surface area contributed by atoms with Crippen LogP contribution in [0.3, 0.4) is 0 Å². The molecule has 0 saturated heterocycles. The van der Waals surface area contributed by atoms with Gasteiger partial charge in [-0.05, 0) is 24.5 Å². The Balaban J connectivity index is 1.73. The number of rotatable bonds is 4. The maximum absolute atomic E-state index is 11.6. The number of fused-ring (bicyclic) bond motifs is 1. The second-order valence-electron chi connectivity index (χ2n) is 4.98. The first-order valence-electron chi connectivity index (χ1n) is 6.80. The first-order valence-corrected chi connectivity index (χ1v) is 8.35. The zero-order valence-electron chi connectivity index (χ0n) is 11.5. The lowest BCUT2D eigenvalue weighted by Gasteiger charge is -2.31. The van der Waals surface area contributed by atoms with Crippen molar-refractivity contribution in [2.75, 3.05) is 24.2 Å². The van der Waals surface area contributed by atoms with Crippen LogP contribution in [0, 0.1) is 0 Å². The van der Waals surface area contributed by atoms with Crippen LogP contribution in [0.5, 0.6) is 0 Å². The molecule has 0 spiro atoms. The molecule has 106 valence electrons. The maximum Gasteiger partial charge on any atom is 0.221 e. The van der Waals surface area contributed by atoms with Crippen LogP contribution in [0.4, 0.5) is 5.69 Å². The molecule has 0 aliphatic carbocycles. The minimum absolute atomic E-state index is 0.551. The number of anilines is 1. The van der Waals surface area contributed by atoms with E-state index in [0.29, 0.717) is 5.16 Å². The number of benzene rings is 1. The van der Waals surface area contributed by atoms with Crippen LogP contribution in [0.15, 0.2) is 35.7 Å². The Labute approximate surface area is 121 Å². The molecule has 1 aromatic heterocycles. The van der Waals surface area contributed by atoms with E-state index in [0.717, 1.165) is 26.1 Å². The van der Waals surface area contributed by atoms with E-state index in [4.69, 9.17) is 0 Å². The molecular weight excluding hydrogens is 272 g/mol. The summed E-state index contributed by atoms with van der Waals surface area (Å²) >= 11 is 0. The van der Waals surface area contributed by atoms with Crippen molar-refractivity contribution in [3.63, 3.8) is 0 Å². The van der Waals surface area contributed by atoms with Crippen LogP contribution in [0.25, 0.3) is 0 Å². The van der Waals surface area contributed by atoms with Gasteiger partial charge in [-0.3, -0.25) is 4.21 Å². The maximum atomic E-state index is 11.6. The first kappa shape index (κ1) is 13.3. The number of aryl methyl sites for hydroxylation is 1. The molecule has 1 aliphatic rings. The lowest BCUT2D eigenvalue weighted by atomic mass is 10.0. The zero-order chi connectivity index (χ0) is 13.9. The summed E-state index contributed by atoms with van der Waals surface area (Å²) in [6, 6.07) is 8.56. The predicted molar refractivity (Wildman–Crippen MR) is 79.3 cm³/mol. The van der Waals surface area contributed by atoms with Gasteiger partial charge in [0, 0.05) is 31.6 Å². The van der Waals surface area contributed by atoms with Crippen molar-refractivity contribution < 1.29 is 4.21 Å². The van der Waals surface area contributed by atoms with Crippen LogP contribution < -0.4 is 4.90 Å². The zero-order valence-corrected chi connectivity index (χ0v) is 12.3. The molecule has 1 aliphatic heterocycles. The Morgan fingerprint density at radius 2 is 2.15 bits per heavy atom. The van der Waals surface area contributed by atoms with Gasteiger partial charge in [-0.15, -0.1) is 10.2 Å². The second-order valence-corrected chi connectivity index (χ2v) is 6.25. The Bertz CT molecular complexity index is 625. The molecule has 0 amide bonds. The van der Waals surface area contributed by atoms with Crippen LogP contribution >= 0.6 is 0 Å². The molecular formula is C14H18N4OS. The first-order chi connectivity index (χ1) is 9.75. The smallest absolute Gasteiger partial charge is 0.221 e. The lowest BCUT2D eigenvalue weighted by Crippen LogP contribution is -2.32. The fourth-order valence-electron chi connectivity index (χ4n) is 2.69. The fourth-order valence-corrected chi connectivity index (χ4v) is 3.32. The van der Waals surface area contributed by atoms with E-state index in [1.165, 1.54) is 17.7 Å². The van der Waals surface area contributed by atoms with Crippen LogP contribution in [0.1, 0.15) is 12.0 Å². The summed E-state index contributed by atoms with van der Waals surface area (Å²) in [5.41, 5.74) is 2.74. The molecule has 0 saturated carbocycles. The van der Waals surface area contributed by atoms with Crippen molar-refractivity contribution in [3.8, 4) is 0 Å². The molecule has 1 aromatic carbocycles. The monoisotopic (exact) mass is 290 g/mol. The molecule has 1 unspecified atom stereocenters. The summed E-state index contributed by atoms with van der Waals surface area (Å²) in [4.78, 5) is 2.39. The Kier molecular flexibility index (Phi) is 3.82. The van der Waals surface area contributed by atoms with E-state index in [9.17, 15) is 4.21 Å². The van der Waals surface area contributed by atoms with E-state index in [1.54, 1.807) is 12.6 Å². The third-order valence-corrected chi connectivity index (χ3v) is 4.48. The quantitative estimate of drug-likeness (QED) is 0.855. The minimum Gasteiger partial charge on any atom is -0.370 e. The van der Waals surface area contributed by atoms with Gasteiger partial charge in [0.05, 0.1) is 10.8 Å². The lowest BCUT2D eigenvalue weighted by molar-refractivity contribution is 0.583. The summed E-state index contributed by atoms with van der Waals surface area (Å²) < 4.78 is 13.4. The van der Waals surface area contributed by atoms with E-state index in [1.807, 2.05) is 4.57 Å². The Hall–Kier alpha value is -1.69. The highest BCUT2D eigenvalue weighted by atomic mass is 32.2. The summed E-state index contributed by atoms with van der Waals surface area (Å²) in [6.07, 6.45) is 5.64. The van der Waals surface area contributed by atoms with E-state index in [-0.39, 0.29) is 0 Å². The summed E-state index contributed by atoms with van der Waals surface area (Å²) in [5.74, 6) is 0. The van der Waals surface area contributed by atoms with Gasteiger partial charge in [0.2, 0.25) is 5.16 Å². The van der Waals surface area contributed by atoms with Gasteiger partial charge in [0.15, 0.2) is 0 Å². The Morgan fingerprint density at radius 1 is 1.30 bits per heavy atom. The minimum atomic E-state index is -1.09. The van der Waals surface area contributed by atoms with Gasteiger partial charge in [-0.25, -0.2) is 0 Å². The van der Waals surface area contributed by atoms with Gasteiger partial charge in [-0.2, -0.15) is 0 Å². The number of hydrogen-bond donors (Lipinski definition) is 0.